The Balaban J connectivity index is 1.73. The molecule has 1 amide bonds. The Labute approximate surface area is 157 Å². The summed E-state index contributed by atoms with van der Waals surface area (Å²) < 4.78 is 6.79. The summed E-state index contributed by atoms with van der Waals surface area (Å²) in [6.07, 6.45) is 4.22. The highest BCUT2D eigenvalue weighted by Crippen LogP contribution is 2.29. The zero-order chi connectivity index (χ0) is 18.5. The normalized spacial score (nSPS) is 11.2. The van der Waals surface area contributed by atoms with Crippen molar-refractivity contribution in [2.24, 2.45) is 0 Å². The van der Waals surface area contributed by atoms with Crippen molar-refractivity contribution in [2.75, 3.05) is 11.9 Å². The van der Waals surface area contributed by atoms with E-state index in [2.05, 4.69) is 36.3 Å². The number of para-hydroxylation sites is 1. The fourth-order valence-corrected chi connectivity index (χ4v) is 3.74. The van der Waals surface area contributed by atoms with Crippen molar-refractivity contribution in [1.29, 1.82) is 0 Å². The van der Waals surface area contributed by atoms with E-state index in [9.17, 15) is 4.79 Å². The number of ether oxygens (including phenoxy) is 1. The fraction of sp³-hybridized carbons (Fsp3) is 0.238. The first-order valence-corrected chi connectivity index (χ1v) is 9.47. The molecule has 0 fully saturated rings. The number of nitrogens with zero attached hydrogens (tertiary/aromatic N) is 1. The number of carbonyl (C=O) groups excluding carboxylic acids is 1. The maximum atomic E-state index is 12.3. The number of anilines is 1. The van der Waals surface area contributed by atoms with Crippen LogP contribution in [0, 0.1) is 13.8 Å². The van der Waals surface area contributed by atoms with Crippen LogP contribution in [0.3, 0.4) is 0 Å². The molecule has 0 radical (unpaired) electrons. The molecule has 2 aromatic carbocycles. The van der Waals surface area contributed by atoms with Gasteiger partial charge in [0.2, 0.25) is 5.91 Å². The molecule has 0 aliphatic heterocycles. The molecule has 1 heterocycles. The van der Waals surface area contributed by atoms with Crippen molar-refractivity contribution in [1.82, 2.24) is 4.98 Å². The van der Waals surface area contributed by atoms with Crippen LogP contribution in [0.4, 0.5) is 5.13 Å². The molecular formula is C21H22N2O2S. The Morgan fingerprint density at radius 3 is 2.88 bits per heavy atom. The van der Waals surface area contributed by atoms with Crippen LogP contribution < -0.4 is 10.1 Å². The number of fused-ring (bicyclic) bond motifs is 1. The second-order valence-corrected chi connectivity index (χ2v) is 7.19. The maximum Gasteiger partial charge on any atom is 0.250 e. The van der Waals surface area contributed by atoms with Crippen molar-refractivity contribution >= 4 is 38.7 Å². The number of amides is 1. The molecule has 3 aromatic rings. The van der Waals surface area contributed by atoms with Gasteiger partial charge in [0.1, 0.15) is 5.75 Å². The zero-order valence-corrected chi connectivity index (χ0v) is 16.0. The van der Waals surface area contributed by atoms with E-state index in [4.69, 9.17) is 4.74 Å². The SMILES string of the molecule is CCCOc1ccccc1/C=C/C(=O)Nc1nc2c(C)cc(C)cc2s1. The second-order valence-electron chi connectivity index (χ2n) is 6.16. The van der Waals surface area contributed by atoms with Crippen LogP contribution in [0.1, 0.15) is 30.0 Å². The molecule has 1 aromatic heterocycles. The molecule has 0 saturated heterocycles. The number of rotatable bonds is 6. The predicted octanol–water partition coefficient (Wildman–Crippen LogP) is 5.35. The third-order valence-corrected chi connectivity index (χ3v) is 4.77. The summed E-state index contributed by atoms with van der Waals surface area (Å²) in [5, 5.41) is 3.46. The van der Waals surface area contributed by atoms with Gasteiger partial charge in [-0.05, 0) is 49.6 Å². The Kier molecular flexibility index (Phi) is 5.68. The van der Waals surface area contributed by atoms with Gasteiger partial charge in [0, 0.05) is 11.6 Å². The minimum atomic E-state index is -0.205. The van der Waals surface area contributed by atoms with Crippen LogP contribution in [0.2, 0.25) is 0 Å². The first kappa shape index (κ1) is 18.1. The molecule has 0 bridgehead atoms. The summed E-state index contributed by atoms with van der Waals surface area (Å²) in [6, 6.07) is 11.9. The van der Waals surface area contributed by atoms with Crippen molar-refractivity contribution in [3.05, 3.63) is 59.2 Å². The van der Waals surface area contributed by atoms with Crippen LogP contribution >= 0.6 is 11.3 Å². The first-order chi connectivity index (χ1) is 12.6. The lowest BCUT2D eigenvalue weighted by atomic mass is 10.1. The largest absolute Gasteiger partial charge is 0.493 e. The summed E-state index contributed by atoms with van der Waals surface area (Å²) in [7, 11) is 0. The molecule has 0 unspecified atom stereocenters. The van der Waals surface area contributed by atoms with E-state index in [-0.39, 0.29) is 5.91 Å². The smallest absolute Gasteiger partial charge is 0.250 e. The van der Waals surface area contributed by atoms with Gasteiger partial charge in [0.05, 0.1) is 16.8 Å². The van der Waals surface area contributed by atoms with Gasteiger partial charge >= 0.3 is 0 Å². The van der Waals surface area contributed by atoms with Crippen molar-refractivity contribution in [2.45, 2.75) is 27.2 Å². The first-order valence-electron chi connectivity index (χ1n) is 8.65. The predicted molar refractivity (Wildman–Crippen MR) is 109 cm³/mol. The lowest BCUT2D eigenvalue weighted by Gasteiger charge is -2.07. The molecule has 0 saturated carbocycles. The van der Waals surface area contributed by atoms with E-state index < -0.39 is 0 Å². The van der Waals surface area contributed by atoms with Gasteiger partial charge in [-0.3, -0.25) is 10.1 Å². The summed E-state index contributed by atoms with van der Waals surface area (Å²) >= 11 is 1.49. The number of aryl methyl sites for hydroxylation is 2. The van der Waals surface area contributed by atoms with Crippen LogP contribution in [0.25, 0.3) is 16.3 Å². The number of aromatic nitrogens is 1. The van der Waals surface area contributed by atoms with E-state index in [1.807, 2.05) is 31.2 Å². The highest BCUT2D eigenvalue weighted by Gasteiger charge is 2.09. The Morgan fingerprint density at radius 1 is 1.27 bits per heavy atom. The van der Waals surface area contributed by atoms with E-state index in [1.165, 1.54) is 23.0 Å². The minimum absolute atomic E-state index is 0.205. The summed E-state index contributed by atoms with van der Waals surface area (Å²) in [4.78, 5) is 16.8. The number of carbonyl (C=O) groups is 1. The van der Waals surface area contributed by atoms with Crippen molar-refractivity contribution < 1.29 is 9.53 Å². The van der Waals surface area contributed by atoms with Gasteiger partial charge in [-0.15, -0.1) is 0 Å². The summed E-state index contributed by atoms with van der Waals surface area (Å²) in [6.45, 7) is 6.81. The quantitative estimate of drug-likeness (QED) is 0.598. The van der Waals surface area contributed by atoms with E-state index in [1.54, 1.807) is 6.08 Å². The third kappa shape index (κ3) is 4.29. The molecule has 0 atom stereocenters. The topological polar surface area (TPSA) is 51.2 Å². The zero-order valence-electron chi connectivity index (χ0n) is 15.2. The Hall–Kier alpha value is -2.66. The average molecular weight is 366 g/mol. The highest BCUT2D eigenvalue weighted by molar-refractivity contribution is 7.22. The van der Waals surface area contributed by atoms with Gasteiger partial charge in [0.25, 0.3) is 0 Å². The number of benzene rings is 2. The van der Waals surface area contributed by atoms with Crippen molar-refractivity contribution in [3.8, 4) is 5.75 Å². The number of hydrogen-bond acceptors (Lipinski definition) is 4. The molecule has 0 spiro atoms. The molecule has 26 heavy (non-hydrogen) atoms. The number of thiazole rings is 1. The second kappa shape index (κ2) is 8.15. The molecule has 4 nitrogen and oxygen atoms in total. The van der Waals surface area contributed by atoms with Gasteiger partial charge in [-0.2, -0.15) is 0 Å². The van der Waals surface area contributed by atoms with Gasteiger partial charge in [-0.25, -0.2) is 4.98 Å². The molecule has 1 N–H and O–H groups in total. The Bertz CT molecular complexity index is 960. The van der Waals surface area contributed by atoms with Gasteiger partial charge in [0.15, 0.2) is 5.13 Å². The Morgan fingerprint density at radius 2 is 2.08 bits per heavy atom. The van der Waals surface area contributed by atoms with Crippen LogP contribution in [-0.4, -0.2) is 17.5 Å². The van der Waals surface area contributed by atoms with E-state index >= 15 is 0 Å². The lowest BCUT2D eigenvalue weighted by Crippen LogP contribution is -2.07. The third-order valence-electron chi connectivity index (χ3n) is 3.85. The van der Waals surface area contributed by atoms with E-state index in [0.717, 1.165) is 33.5 Å². The van der Waals surface area contributed by atoms with Crippen molar-refractivity contribution in [3.63, 3.8) is 0 Å². The monoisotopic (exact) mass is 366 g/mol. The summed E-state index contributed by atoms with van der Waals surface area (Å²) in [5.41, 5.74) is 4.14. The maximum absolute atomic E-state index is 12.3. The molecule has 3 rings (SSSR count). The molecule has 134 valence electrons. The lowest BCUT2D eigenvalue weighted by molar-refractivity contribution is -0.111. The standard InChI is InChI=1S/C21H22N2O2S/c1-4-11-25-17-8-6-5-7-16(17)9-10-19(24)22-21-23-20-15(3)12-14(2)13-18(20)26-21/h5-10,12-13H,4,11H2,1-3H3,(H,22,23,24)/b10-9+. The average Bonchev–Trinajstić information content (AvgIpc) is 3.01. The number of hydrogen-bond donors (Lipinski definition) is 1. The van der Waals surface area contributed by atoms with Crippen LogP contribution in [0.5, 0.6) is 5.75 Å². The molecule has 5 heteroatoms. The van der Waals surface area contributed by atoms with Crippen LogP contribution in [-0.2, 0) is 4.79 Å². The van der Waals surface area contributed by atoms with Crippen LogP contribution in [0.15, 0.2) is 42.5 Å². The minimum Gasteiger partial charge on any atom is -0.493 e. The van der Waals surface area contributed by atoms with Gasteiger partial charge in [-0.1, -0.05) is 42.5 Å². The number of nitrogens with one attached hydrogen (secondary N) is 1. The fourth-order valence-electron chi connectivity index (χ4n) is 2.70. The van der Waals surface area contributed by atoms with Gasteiger partial charge < -0.3 is 4.74 Å². The summed E-state index contributed by atoms with van der Waals surface area (Å²) in [5.74, 6) is 0.577. The van der Waals surface area contributed by atoms with E-state index in [0.29, 0.717) is 11.7 Å². The molecular weight excluding hydrogens is 344 g/mol. The molecule has 0 aliphatic carbocycles. The highest BCUT2D eigenvalue weighted by atomic mass is 32.1. The molecule has 0 aliphatic rings.